The monoisotopic (exact) mass is 183 g/mol. The summed E-state index contributed by atoms with van der Waals surface area (Å²) in [4.78, 5) is 13.7. The molecule has 13 heavy (non-hydrogen) atoms. The van der Waals surface area contributed by atoms with Crippen LogP contribution in [-0.4, -0.2) is 37.1 Å². The SMILES string of the molecule is CO[C@@H]1CCN(C(=O)C2CC2C)C1. The first kappa shape index (κ1) is 9.00. The molecule has 1 amide bonds. The van der Waals surface area contributed by atoms with Crippen LogP contribution in [0.25, 0.3) is 0 Å². The molecule has 3 nitrogen and oxygen atoms in total. The largest absolute Gasteiger partial charge is 0.380 e. The van der Waals surface area contributed by atoms with Crippen LogP contribution in [0.5, 0.6) is 0 Å². The molecule has 0 spiro atoms. The fourth-order valence-electron chi connectivity index (χ4n) is 2.02. The molecule has 1 aliphatic heterocycles. The number of hydrogen-bond acceptors (Lipinski definition) is 2. The Morgan fingerprint density at radius 2 is 2.23 bits per heavy atom. The predicted octanol–water partition coefficient (Wildman–Crippen LogP) is 0.890. The topological polar surface area (TPSA) is 29.5 Å². The standard InChI is InChI=1S/C10H17NO2/c1-7-5-9(7)10(12)11-4-3-8(6-11)13-2/h7-9H,3-6H2,1-2H3/t7?,8-,9?/m1/s1. The maximum Gasteiger partial charge on any atom is 0.226 e. The van der Waals surface area contributed by atoms with Gasteiger partial charge in [0, 0.05) is 26.1 Å². The molecule has 1 saturated carbocycles. The van der Waals surface area contributed by atoms with E-state index in [1.807, 2.05) is 4.90 Å². The molecule has 2 aliphatic rings. The van der Waals surface area contributed by atoms with Gasteiger partial charge in [-0.1, -0.05) is 6.92 Å². The van der Waals surface area contributed by atoms with Crippen LogP contribution < -0.4 is 0 Å². The molecule has 1 saturated heterocycles. The van der Waals surface area contributed by atoms with E-state index in [0.29, 0.717) is 17.7 Å². The fraction of sp³-hybridized carbons (Fsp3) is 0.900. The van der Waals surface area contributed by atoms with E-state index in [1.165, 1.54) is 0 Å². The second-order valence-corrected chi connectivity index (χ2v) is 4.25. The Morgan fingerprint density at radius 1 is 1.54 bits per heavy atom. The van der Waals surface area contributed by atoms with Gasteiger partial charge in [-0.05, 0) is 18.8 Å². The highest BCUT2D eigenvalue weighted by atomic mass is 16.5. The Morgan fingerprint density at radius 3 is 2.69 bits per heavy atom. The van der Waals surface area contributed by atoms with Gasteiger partial charge < -0.3 is 9.64 Å². The van der Waals surface area contributed by atoms with Gasteiger partial charge in [0.15, 0.2) is 0 Å². The summed E-state index contributed by atoms with van der Waals surface area (Å²) < 4.78 is 5.22. The molecule has 0 aromatic rings. The quantitative estimate of drug-likeness (QED) is 0.636. The maximum absolute atomic E-state index is 11.7. The highest BCUT2D eigenvalue weighted by Gasteiger charge is 2.42. The van der Waals surface area contributed by atoms with Crippen LogP contribution >= 0.6 is 0 Å². The number of amides is 1. The lowest BCUT2D eigenvalue weighted by molar-refractivity contribution is -0.132. The van der Waals surface area contributed by atoms with Gasteiger partial charge in [-0.15, -0.1) is 0 Å². The van der Waals surface area contributed by atoms with Crippen LogP contribution in [0.15, 0.2) is 0 Å². The number of rotatable bonds is 2. The van der Waals surface area contributed by atoms with Crippen molar-refractivity contribution in [1.29, 1.82) is 0 Å². The van der Waals surface area contributed by atoms with E-state index < -0.39 is 0 Å². The molecule has 1 heterocycles. The zero-order chi connectivity index (χ0) is 9.42. The summed E-state index contributed by atoms with van der Waals surface area (Å²) in [5.41, 5.74) is 0. The molecule has 1 aliphatic carbocycles. The van der Waals surface area contributed by atoms with Gasteiger partial charge in [0.25, 0.3) is 0 Å². The summed E-state index contributed by atoms with van der Waals surface area (Å²) in [6.45, 7) is 3.84. The molecule has 0 N–H and O–H groups in total. The van der Waals surface area contributed by atoms with Gasteiger partial charge in [-0.2, -0.15) is 0 Å². The van der Waals surface area contributed by atoms with Crippen LogP contribution in [0.2, 0.25) is 0 Å². The lowest BCUT2D eigenvalue weighted by Gasteiger charge is -2.15. The third kappa shape index (κ3) is 1.70. The molecular weight excluding hydrogens is 166 g/mol. The van der Waals surface area contributed by atoms with E-state index in [4.69, 9.17) is 4.74 Å². The molecule has 74 valence electrons. The normalized spacial score (nSPS) is 38.0. The van der Waals surface area contributed by atoms with Crippen molar-refractivity contribution in [2.75, 3.05) is 20.2 Å². The van der Waals surface area contributed by atoms with Crippen LogP contribution in [0.1, 0.15) is 19.8 Å². The van der Waals surface area contributed by atoms with Crippen molar-refractivity contribution in [2.24, 2.45) is 11.8 Å². The van der Waals surface area contributed by atoms with Crippen molar-refractivity contribution in [3.05, 3.63) is 0 Å². The highest BCUT2D eigenvalue weighted by Crippen LogP contribution is 2.39. The zero-order valence-electron chi connectivity index (χ0n) is 8.32. The molecule has 0 bridgehead atoms. The molecular formula is C10H17NO2. The second-order valence-electron chi connectivity index (χ2n) is 4.25. The Balaban J connectivity index is 1.85. The fourth-order valence-corrected chi connectivity index (χ4v) is 2.02. The van der Waals surface area contributed by atoms with E-state index in [-0.39, 0.29) is 6.10 Å². The van der Waals surface area contributed by atoms with Gasteiger partial charge in [0.2, 0.25) is 5.91 Å². The van der Waals surface area contributed by atoms with Crippen LogP contribution in [-0.2, 0) is 9.53 Å². The average Bonchev–Trinajstić information content (AvgIpc) is 2.70. The lowest BCUT2D eigenvalue weighted by atomic mass is 10.3. The van der Waals surface area contributed by atoms with Crippen LogP contribution in [0.4, 0.5) is 0 Å². The number of carbonyl (C=O) groups excluding carboxylic acids is 1. The summed E-state index contributed by atoms with van der Waals surface area (Å²) in [5.74, 6) is 1.30. The summed E-state index contributed by atoms with van der Waals surface area (Å²) in [7, 11) is 1.72. The molecule has 2 unspecified atom stereocenters. The van der Waals surface area contributed by atoms with Crippen LogP contribution in [0, 0.1) is 11.8 Å². The number of ether oxygens (including phenoxy) is 1. The maximum atomic E-state index is 11.7. The Hall–Kier alpha value is -0.570. The van der Waals surface area contributed by atoms with Crippen molar-refractivity contribution in [2.45, 2.75) is 25.9 Å². The second kappa shape index (κ2) is 3.29. The van der Waals surface area contributed by atoms with Crippen molar-refractivity contribution in [3.8, 4) is 0 Å². The lowest BCUT2D eigenvalue weighted by Crippen LogP contribution is -2.31. The van der Waals surface area contributed by atoms with Gasteiger partial charge in [0.05, 0.1) is 6.10 Å². The first-order valence-electron chi connectivity index (χ1n) is 5.04. The number of hydrogen-bond donors (Lipinski definition) is 0. The van der Waals surface area contributed by atoms with E-state index >= 15 is 0 Å². The minimum atomic E-state index is 0.276. The third-order valence-electron chi connectivity index (χ3n) is 3.22. The zero-order valence-corrected chi connectivity index (χ0v) is 8.32. The number of nitrogens with zero attached hydrogens (tertiary/aromatic N) is 1. The summed E-state index contributed by atoms with van der Waals surface area (Å²) in [6.07, 6.45) is 2.37. The van der Waals surface area contributed by atoms with E-state index in [2.05, 4.69) is 6.92 Å². The van der Waals surface area contributed by atoms with E-state index in [0.717, 1.165) is 25.9 Å². The molecule has 0 aromatic carbocycles. The van der Waals surface area contributed by atoms with E-state index in [9.17, 15) is 4.79 Å². The van der Waals surface area contributed by atoms with Gasteiger partial charge in [-0.3, -0.25) is 4.79 Å². The number of likely N-dealkylation sites (tertiary alicyclic amines) is 1. The van der Waals surface area contributed by atoms with Crippen molar-refractivity contribution in [1.82, 2.24) is 4.90 Å². The Bertz CT molecular complexity index is 217. The first-order chi connectivity index (χ1) is 6.22. The molecule has 2 rings (SSSR count). The van der Waals surface area contributed by atoms with Crippen LogP contribution in [0.3, 0.4) is 0 Å². The molecule has 0 radical (unpaired) electrons. The third-order valence-corrected chi connectivity index (χ3v) is 3.22. The predicted molar refractivity (Wildman–Crippen MR) is 49.3 cm³/mol. The average molecular weight is 183 g/mol. The smallest absolute Gasteiger partial charge is 0.226 e. The highest BCUT2D eigenvalue weighted by molar-refractivity contribution is 5.81. The summed E-state index contributed by atoms with van der Waals surface area (Å²) in [5, 5.41) is 0. The number of methoxy groups -OCH3 is 1. The van der Waals surface area contributed by atoms with Crippen molar-refractivity contribution >= 4 is 5.91 Å². The molecule has 2 fully saturated rings. The minimum absolute atomic E-state index is 0.276. The van der Waals surface area contributed by atoms with Gasteiger partial charge >= 0.3 is 0 Å². The molecule has 3 heteroatoms. The number of carbonyl (C=O) groups is 1. The van der Waals surface area contributed by atoms with Crippen molar-refractivity contribution in [3.63, 3.8) is 0 Å². The van der Waals surface area contributed by atoms with Gasteiger partial charge in [-0.25, -0.2) is 0 Å². The Kier molecular flexibility index (Phi) is 2.28. The summed E-state index contributed by atoms with van der Waals surface area (Å²) >= 11 is 0. The Labute approximate surface area is 79.0 Å². The first-order valence-corrected chi connectivity index (χ1v) is 5.04. The molecule has 3 atom stereocenters. The van der Waals surface area contributed by atoms with Gasteiger partial charge in [0.1, 0.15) is 0 Å². The van der Waals surface area contributed by atoms with Crippen molar-refractivity contribution < 1.29 is 9.53 Å². The van der Waals surface area contributed by atoms with E-state index in [1.54, 1.807) is 7.11 Å². The molecule has 0 aromatic heterocycles. The minimum Gasteiger partial charge on any atom is -0.380 e. The summed E-state index contributed by atoms with van der Waals surface area (Å²) in [6, 6.07) is 0.